The Bertz CT molecular complexity index is 104. The summed E-state index contributed by atoms with van der Waals surface area (Å²) in [5, 5.41) is 16.6. The molecule has 0 spiro atoms. The van der Waals surface area contributed by atoms with Crippen LogP contribution < -0.4 is 11.5 Å². The van der Waals surface area contributed by atoms with E-state index in [9.17, 15) is 4.79 Å². The van der Waals surface area contributed by atoms with Crippen molar-refractivity contribution in [1.82, 2.24) is 0 Å². The van der Waals surface area contributed by atoms with Crippen LogP contribution in [0, 0.1) is 0 Å². The molecule has 5 nitrogen and oxygen atoms in total. The summed E-state index contributed by atoms with van der Waals surface area (Å²) >= 11 is 0. The monoisotopic (exact) mass is 134 g/mol. The highest BCUT2D eigenvalue weighted by molar-refractivity contribution is 5.71. The minimum Gasteiger partial charge on any atom is -0.479 e. The fraction of sp³-hybridized carbons (Fsp3) is 0.750. The standard InChI is InChI=1S/C4H10N2O3/c5-3(6)1-2(7)4(8)9/h2-3,7H,1,5-6H2,(H,8,9). The first-order chi connectivity index (χ1) is 4.04. The Morgan fingerprint density at radius 1 is 1.56 bits per heavy atom. The second-order valence-electron chi connectivity index (χ2n) is 1.75. The van der Waals surface area contributed by atoms with E-state index in [4.69, 9.17) is 21.7 Å². The van der Waals surface area contributed by atoms with Gasteiger partial charge in [-0.25, -0.2) is 4.79 Å². The fourth-order valence-electron chi connectivity index (χ4n) is 0.359. The number of carboxylic acids is 1. The number of aliphatic hydroxyl groups is 1. The largest absolute Gasteiger partial charge is 0.479 e. The van der Waals surface area contributed by atoms with Crippen LogP contribution in [0.3, 0.4) is 0 Å². The molecule has 0 saturated heterocycles. The molecule has 0 aliphatic carbocycles. The van der Waals surface area contributed by atoms with Crippen LogP contribution in [0.5, 0.6) is 0 Å². The van der Waals surface area contributed by atoms with E-state index in [-0.39, 0.29) is 6.42 Å². The van der Waals surface area contributed by atoms with Gasteiger partial charge in [0.05, 0.1) is 6.17 Å². The summed E-state index contributed by atoms with van der Waals surface area (Å²) in [6, 6.07) is 0. The molecule has 1 atom stereocenters. The summed E-state index contributed by atoms with van der Waals surface area (Å²) in [6.07, 6.45) is -2.32. The highest BCUT2D eigenvalue weighted by Crippen LogP contribution is 1.90. The number of aliphatic carboxylic acids is 1. The number of carboxylic acid groups (broad SMARTS) is 1. The van der Waals surface area contributed by atoms with E-state index in [1.165, 1.54) is 0 Å². The van der Waals surface area contributed by atoms with Crippen molar-refractivity contribution in [3.8, 4) is 0 Å². The van der Waals surface area contributed by atoms with Crippen molar-refractivity contribution in [1.29, 1.82) is 0 Å². The summed E-state index contributed by atoms with van der Waals surface area (Å²) in [4.78, 5) is 9.87. The van der Waals surface area contributed by atoms with Gasteiger partial charge in [-0.2, -0.15) is 0 Å². The Labute approximate surface area is 52.3 Å². The molecule has 0 aromatic heterocycles. The van der Waals surface area contributed by atoms with Gasteiger partial charge in [-0.05, 0) is 0 Å². The molecule has 0 rings (SSSR count). The first kappa shape index (κ1) is 8.35. The highest BCUT2D eigenvalue weighted by Gasteiger charge is 2.14. The maximum Gasteiger partial charge on any atom is 0.332 e. The van der Waals surface area contributed by atoms with Crippen LogP contribution in [0.4, 0.5) is 0 Å². The Morgan fingerprint density at radius 2 is 2.00 bits per heavy atom. The molecule has 0 aromatic carbocycles. The molecule has 0 aromatic rings. The number of nitrogens with two attached hydrogens (primary N) is 2. The highest BCUT2D eigenvalue weighted by atomic mass is 16.4. The summed E-state index contributed by atoms with van der Waals surface area (Å²) in [5.74, 6) is -1.30. The van der Waals surface area contributed by atoms with Gasteiger partial charge in [0.2, 0.25) is 0 Å². The molecule has 0 saturated carbocycles. The summed E-state index contributed by atoms with van der Waals surface area (Å²) < 4.78 is 0. The molecule has 0 bridgehead atoms. The molecule has 9 heavy (non-hydrogen) atoms. The van der Waals surface area contributed by atoms with Crippen LogP contribution in [0.25, 0.3) is 0 Å². The molecule has 0 aliphatic rings. The molecule has 54 valence electrons. The third kappa shape index (κ3) is 3.89. The molecule has 0 radical (unpaired) electrons. The van der Waals surface area contributed by atoms with Gasteiger partial charge in [0.1, 0.15) is 0 Å². The zero-order valence-corrected chi connectivity index (χ0v) is 4.82. The molecule has 5 heteroatoms. The van der Waals surface area contributed by atoms with Crippen LogP contribution in [0.1, 0.15) is 6.42 Å². The third-order valence-electron chi connectivity index (χ3n) is 0.780. The van der Waals surface area contributed by atoms with Gasteiger partial charge in [0.25, 0.3) is 0 Å². The molecule has 1 unspecified atom stereocenters. The van der Waals surface area contributed by atoms with Crippen LogP contribution in [0.15, 0.2) is 0 Å². The van der Waals surface area contributed by atoms with Crippen molar-refractivity contribution in [2.24, 2.45) is 11.5 Å². The van der Waals surface area contributed by atoms with E-state index < -0.39 is 18.2 Å². The van der Waals surface area contributed by atoms with Gasteiger partial charge in [-0.3, -0.25) is 0 Å². The van der Waals surface area contributed by atoms with Crippen LogP contribution in [-0.4, -0.2) is 28.5 Å². The van der Waals surface area contributed by atoms with E-state index in [0.29, 0.717) is 0 Å². The van der Waals surface area contributed by atoms with Crippen molar-refractivity contribution in [3.63, 3.8) is 0 Å². The van der Waals surface area contributed by atoms with Gasteiger partial charge >= 0.3 is 5.97 Å². The normalized spacial score (nSPS) is 13.8. The maximum absolute atomic E-state index is 9.87. The quantitative estimate of drug-likeness (QED) is 0.336. The van der Waals surface area contributed by atoms with Gasteiger partial charge in [0.15, 0.2) is 6.10 Å². The van der Waals surface area contributed by atoms with Gasteiger partial charge in [0, 0.05) is 6.42 Å². The van der Waals surface area contributed by atoms with E-state index in [1.807, 2.05) is 0 Å². The minimum atomic E-state index is -1.44. The molecular weight excluding hydrogens is 124 g/mol. The SMILES string of the molecule is NC(N)CC(O)C(=O)O. The number of carbonyl (C=O) groups is 1. The average molecular weight is 134 g/mol. The smallest absolute Gasteiger partial charge is 0.332 e. The third-order valence-corrected chi connectivity index (χ3v) is 0.780. The number of hydrogen-bond acceptors (Lipinski definition) is 4. The lowest BCUT2D eigenvalue weighted by atomic mass is 10.2. The van der Waals surface area contributed by atoms with Crippen molar-refractivity contribution in [3.05, 3.63) is 0 Å². The number of hydrogen-bond donors (Lipinski definition) is 4. The number of rotatable bonds is 3. The van der Waals surface area contributed by atoms with E-state index in [0.717, 1.165) is 0 Å². The number of aliphatic hydroxyl groups excluding tert-OH is 1. The van der Waals surface area contributed by atoms with Gasteiger partial charge < -0.3 is 21.7 Å². The topological polar surface area (TPSA) is 110 Å². The van der Waals surface area contributed by atoms with Crippen LogP contribution in [0.2, 0.25) is 0 Å². The fourth-order valence-corrected chi connectivity index (χ4v) is 0.359. The van der Waals surface area contributed by atoms with Crippen molar-refractivity contribution in [2.75, 3.05) is 0 Å². The zero-order valence-electron chi connectivity index (χ0n) is 4.82. The minimum absolute atomic E-state index is 0.116. The van der Waals surface area contributed by atoms with E-state index in [1.54, 1.807) is 0 Å². The van der Waals surface area contributed by atoms with Gasteiger partial charge in [-0.1, -0.05) is 0 Å². The second-order valence-corrected chi connectivity index (χ2v) is 1.75. The predicted octanol–water partition coefficient (Wildman–Crippen LogP) is -1.93. The Hall–Kier alpha value is -0.650. The Morgan fingerprint density at radius 3 is 2.11 bits per heavy atom. The maximum atomic E-state index is 9.87. The summed E-state index contributed by atoms with van der Waals surface area (Å²) in [6.45, 7) is 0. The lowest BCUT2D eigenvalue weighted by Gasteiger charge is -2.06. The molecule has 0 heterocycles. The summed E-state index contributed by atoms with van der Waals surface area (Å²) in [7, 11) is 0. The van der Waals surface area contributed by atoms with Crippen molar-refractivity contribution >= 4 is 5.97 Å². The molecular formula is C4H10N2O3. The van der Waals surface area contributed by atoms with Gasteiger partial charge in [-0.15, -0.1) is 0 Å². The lowest BCUT2D eigenvalue weighted by molar-refractivity contribution is -0.147. The Balaban J connectivity index is 3.50. The average Bonchev–Trinajstić information content (AvgIpc) is 1.63. The predicted molar refractivity (Wildman–Crippen MR) is 30.4 cm³/mol. The Kier molecular flexibility index (Phi) is 3.15. The lowest BCUT2D eigenvalue weighted by Crippen LogP contribution is -2.37. The van der Waals surface area contributed by atoms with E-state index in [2.05, 4.69) is 0 Å². The summed E-state index contributed by atoms with van der Waals surface area (Å²) in [5.41, 5.74) is 9.97. The second kappa shape index (κ2) is 3.39. The van der Waals surface area contributed by atoms with Crippen LogP contribution in [-0.2, 0) is 4.79 Å². The van der Waals surface area contributed by atoms with Crippen molar-refractivity contribution in [2.45, 2.75) is 18.7 Å². The van der Waals surface area contributed by atoms with Crippen LogP contribution >= 0.6 is 0 Å². The van der Waals surface area contributed by atoms with E-state index >= 15 is 0 Å². The zero-order chi connectivity index (χ0) is 7.44. The molecule has 6 N–H and O–H groups in total. The first-order valence-corrected chi connectivity index (χ1v) is 2.46. The van der Waals surface area contributed by atoms with Crippen molar-refractivity contribution < 1.29 is 15.0 Å². The molecule has 0 aliphatic heterocycles. The molecule has 0 fully saturated rings. The first-order valence-electron chi connectivity index (χ1n) is 2.46. The molecule has 0 amide bonds.